The van der Waals surface area contributed by atoms with Crippen molar-refractivity contribution in [2.45, 2.75) is 6.54 Å². The monoisotopic (exact) mass is 420 g/mol. The van der Waals surface area contributed by atoms with Gasteiger partial charge in [0.25, 0.3) is 5.91 Å². The number of rotatable bonds is 9. The number of hydrogen-bond acceptors (Lipinski definition) is 5. The van der Waals surface area contributed by atoms with Crippen molar-refractivity contribution in [2.24, 2.45) is 0 Å². The van der Waals surface area contributed by atoms with E-state index in [1.54, 1.807) is 43.4 Å². The molecule has 6 nitrogen and oxygen atoms in total. The Hall–Kier alpha value is -3.67. The third-order valence-corrected chi connectivity index (χ3v) is 4.90. The molecule has 1 amide bonds. The zero-order valence-corrected chi connectivity index (χ0v) is 18.4. The quantitative estimate of drug-likeness (QED) is 0.514. The van der Waals surface area contributed by atoms with E-state index in [0.717, 1.165) is 28.4 Å². The van der Waals surface area contributed by atoms with E-state index in [0.29, 0.717) is 12.3 Å². The molecule has 0 aliphatic heterocycles. The smallest absolute Gasteiger partial charge is 0.265 e. The van der Waals surface area contributed by atoms with E-state index in [1.807, 2.05) is 67.5 Å². The Bertz CT molecular complexity index is 968. The number of carbonyl (C=O) groups excluding carboxylic acids is 1. The summed E-state index contributed by atoms with van der Waals surface area (Å²) in [4.78, 5) is 16.9. The third-order valence-electron chi connectivity index (χ3n) is 4.90. The van der Waals surface area contributed by atoms with Gasteiger partial charge in [-0.15, -0.1) is 0 Å². The molecule has 0 radical (unpaired) electrons. The normalized spacial score (nSPS) is 10.3. The van der Waals surface area contributed by atoms with Crippen LogP contribution in [0.25, 0.3) is 0 Å². The molecule has 0 aromatic heterocycles. The molecule has 3 aromatic carbocycles. The van der Waals surface area contributed by atoms with Gasteiger partial charge >= 0.3 is 0 Å². The molecule has 0 bridgehead atoms. The predicted octanol–water partition coefficient (Wildman–Crippen LogP) is 4.38. The van der Waals surface area contributed by atoms with Crippen molar-refractivity contribution in [1.29, 1.82) is 0 Å². The second kappa shape index (κ2) is 10.4. The van der Waals surface area contributed by atoms with Gasteiger partial charge in [0.05, 0.1) is 20.8 Å². The standard InChI is InChI=1S/C25H28N2O4/c1-26(2)20-7-5-19(6-8-20)17-27(21-9-11-22(29-3)12-10-21)25(28)18-31-24-15-13-23(30-4)14-16-24/h5-16H,17-18H2,1-4H3. The highest BCUT2D eigenvalue weighted by molar-refractivity contribution is 5.94. The van der Waals surface area contributed by atoms with Crippen LogP contribution in [0.4, 0.5) is 11.4 Å². The second-order valence-electron chi connectivity index (χ2n) is 7.20. The Balaban J connectivity index is 1.77. The van der Waals surface area contributed by atoms with Gasteiger partial charge in [-0.2, -0.15) is 0 Å². The number of benzene rings is 3. The number of ether oxygens (including phenoxy) is 3. The van der Waals surface area contributed by atoms with Gasteiger partial charge in [-0.3, -0.25) is 4.79 Å². The molecular formula is C25H28N2O4. The molecule has 6 heteroatoms. The molecule has 0 N–H and O–H groups in total. The molecular weight excluding hydrogens is 392 g/mol. The summed E-state index contributed by atoms with van der Waals surface area (Å²) in [6.45, 7) is 0.360. The maximum atomic E-state index is 13.1. The van der Waals surface area contributed by atoms with Crippen molar-refractivity contribution in [2.75, 3.05) is 44.7 Å². The Morgan fingerprint density at radius 2 is 1.19 bits per heavy atom. The molecule has 0 atom stereocenters. The van der Waals surface area contributed by atoms with Crippen LogP contribution >= 0.6 is 0 Å². The topological polar surface area (TPSA) is 51.2 Å². The number of anilines is 2. The fourth-order valence-electron chi connectivity index (χ4n) is 3.06. The molecule has 0 spiro atoms. The number of carbonyl (C=O) groups is 1. The zero-order valence-electron chi connectivity index (χ0n) is 18.4. The highest BCUT2D eigenvalue weighted by atomic mass is 16.5. The van der Waals surface area contributed by atoms with E-state index in [2.05, 4.69) is 0 Å². The minimum Gasteiger partial charge on any atom is -0.497 e. The molecule has 3 rings (SSSR count). The molecule has 31 heavy (non-hydrogen) atoms. The number of amides is 1. The number of methoxy groups -OCH3 is 2. The minimum absolute atomic E-state index is 0.0753. The summed E-state index contributed by atoms with van der Waals surface area (Å²) in [6, 6.07) is 22.7. The van der Waals surface area contributed by atoms with Crippen molar-refractivity contribution < 1.29 is 19.0 Å². The third kappa shape index (κ3) is 5.92. The van der Waals surface area contributed by atoms with Gasteiger partial charge < -0.3 is 24.0 Å². The number of hydrogen-bond donors (Lipinski definition) is 0. The maximum Gasteiger partial charge on any atom is 0.265 e. The van der Waals surface area contributed by atoms with Crippen LogP contribution in [-0.2, 0) is 11.3 Å². The van der Waals surface area contributed by atoms with E-state index >= 15 is 0 Å². The van der Waals surface area contributed by atoms with E-state index in [-0.39, 0.29) is 12.5 Å². The summed E-state index contributed by atoms with van der Waals surface area (Å²) in [5.41, 5.74) is 2.91. The van der Waals surface area contributed by atoms with Gasteiger partial charge in [0, 0.05) is 25.5 Å². The van der Waals surface area contributed by atoms with Gasteiger partial charge in [0.15, 0.2) is 6.61 Å². The van der Waals surface area contributed by atoms with E-state index < -0.39 is 0 Å². The Morgan fingerprint density at radius 1 is 0.710 bits per heavy atom. The lowest BCUT2D eigenvalue weighted by Crippen LogP contribution is -2.34. The van der Waals surface area contributed by atoms with Gasteiger partial charge in [-0.1, -0.05) is 12.1 Å². The average Bonchev–Trinajstić information content (AvgIpc) is 2.81. The molecule has 0 saturated heterocycles. The van der Waals surface area contributed by atoms with Gasteiger partial charge in [0.1, 0.15) is 17.2 Å². The van der Waals surface area contributed by atoms with Crippen molar-refractivity contribution in [3.05, 3.63) is 78.4 Å². The first-order chi connectivity index (χ1) is 15.0. The SMILES string of the molecule is COc1ccc(OCC(=O)N(Cc2ccc(N(C)C)cc2)c2ccc(OC)cc2)cc1. The predicted molar refractivity (Wildman–Crippen MR) is 123 cm³/mol. The Kier molecular flexibility index (Phi) is 7.38. The fraction of sp³-hybridized carbons (Fsp3) is 0.240. The van der Waals surface area contributed by atoms with Gasteiger partial charge in [0.2, 0.25) is 0 Å². The largest absolute Gasteiger partial charge is 0.497 e. The highest BCUT2D eigenvalue weighted by Gasteiger charge is 2.17. The van der Waals surface area contributed by atoms with Crippen LogP contribution in [0.3, 0.4) is 0 Å². The van der Waals surface area contributed by atoms with Crippen LogP contribution in [-0.4, -0.2) is 40.8 Å². The lowest BCUT2D eigenvalue weighted by Gasteiger charge is -2.24. The van der Waals surface area contributed by atoms with Gasteiger partial charge in [-0.25, -0.2) is 0 Å². The van der Waals surface area contributed by atoms with E-state index in [9.17, 15) is 4.79 Å². The lowest BCUT2D eigenvalue weighted by molar-refractivity contribution is -0.120. The lowest BCUT2D eigenvalue weighted by atomic mass is 10.1. The van der Waals surface area contributed by atoms with Crippen LogP contribution in [0.1, 0.15) is 5.56 Å². The molecule has 0 fully saturated rings. The van der Waals surface area contributed by atoms with Crippen LogP contribution in [0.2, 0.25) is 0 Å². The first kappa shape index (κ1) is 22.0. The molecule has 0 unspecified atom stereocenters. The second-order valence-corrected chi connectivity index (χ2v) is 7.20. The van der Waals surface area contributed by atoms with Crippen LogP contribution in [0.5, 0.6) is 17.2 Å². The zero-order chi connectivity index (χ0) is 22.2. The summed E-state index contributed by atoms with van der Waals surface area (Å²) in [7, 11) is 7.22. The molecule has 0 aliphatic rings. The van der Waals surface area contributed by atoms with Crippen molar-refractivity contribution >= 4 is 17.3 Å². The summed E-state index contributed by atoms with van der Waals surface area (Å²) >= 11 is 0. The Morgan fingerprint density at radius 3 is 1.71 bits per heavy atom. The van der Waals surface area contributed by atoms with E-state index in [1.165, 1.54) is 0 Å². The summed E-state index contributed by atoms with van der Waals surface area (Å²) in [5.74, 6) is 1.94. The van der Waals surface area contributed by atoms with Crippen molar-refractivity contribution in [3.63, 3.8) is 0 Å². The summed E-state index contributed by atoms with van der Waals surface area (Å²) < 4.78 is 16.1. The molecule has 3 aromatic rings. The van der Waals surface area contributed by atoms with Crippen LogP contribution < -0.4 is 24.0 Å². The average molecular weight is 421 g/mol. The maximum absolute atomic E-state index is 13.1. The first-order valence-corrected chi connectivity index (χ1v) is 9.97. The fourth-order valence-corrected chi connectivity index (χ4v) is 3.06. The van der Waals surface area contributed by atoms with E-state index in [4.69, 9.17) is 14.2 Å². The molecule has 162 valence electrons. The summed E-state index contributed by atoms with van der Waals surface area (Å²) in [5, 5.41) is 0. The molecule has 0 heterocycles. The van der Waals surface area contributed by atoms with Crippen LogP contribution in [0.15, 0.2) is 72.8 Å². The van der Waals surface area contributed by atoms with Gasteiger partial charge in [-0.05, 0) is 66.2 Å². The van der Waals surface area contributed by atoms with Crippen LogP contribution in [0, 0.1) is 0 Å². The summed E-state index contributed by atoms with van der Waals surface area (Å²) in [6.07, 6.45) is 0. The Labute approximate surface area is 183 Å². The molecule has 0 saturated carbocycles. The number of nitrogens with zero attached hydrogens (tertiary/aromatic N) is 2. The van der Waals surface area contributed by atoms with Crippen molar-refractivity contribution in [3.8, 4) is 17.2 Å². The highest BCUT2D eigenvalue weighted by Crippen LogP contribution is 2.23. The van der Waals surface area contributed by atoms with Crippen molar-refractivity contribution in [1.82, 2.24) is 0 Å². The minimum atomic E-state index is -0.141. The molecule has 0 aliphatic carbocycles. The first-order valence-electron chi connectivity index (χ1n) is 9.97.